The van der Waals surface area contributed by atoms with E-state index < -0.39 is 0 Å². The Morgan fingerprint density at radius 2 is 2.18 bits per heavy atom. The molecule has 152 valence electrons. The van der Waals surface area contributed by atoms with E-state index in [1.807, 2.05) is 25.1 Å². The van der Waals surface area contributed by atoms with Gasteiger partial charge >= 0.3 is 6.03 Å². The van der Waals surface area contributed by atoms with Crippen LogP contribution in [0.5, 0.6) is 0 Å². The molecular formula is C19H25ClN4O4. The largest absolute Gasteiger partial charge is 0.378 e. The van der Waals surface area contributed by atoms with E-state index in [0.29, 0.717) is 55.1 Å². The molecule has 2 amide bonds. The van der Waals surface area contributed by atoms with Gasteiger partial charge in [0.25, 0.3) is 5.89 Å². The van der Waals surface area contributed by atoms with E-state index in [4.69, 9.17) is 25.6 Å². The Kier molecular flexibility index (Phi) is 7.24. The van der Waals surface area contributed by atoms with Crippen LogP contribution in [0.15, 0.2) is 22.7 Å². The van der Waals surface area contributed by atoms with Crippen LogP contribution in [-0.4, -0.2) is 54.0 Å². The molecule has 1 aliphatic rings. The lowest BCUT2D eigenvalue weighted by atomic mass is 10.1. The first-order valence-corrected chi connectivity index (χ1v) is 9.67. The van der Waals surface area contributed by atoms with Crippen molar-refractivity contribution in [3.8, 4) is 0 Å². The highest BCUT2D eigenvalue weighted by atomic mass is 35.5. The number of aromatic nitrogens is 2. The third-order valence-corrected chi connectivity index (χ3v) is 4.87. The molecule has 28 heavy (non-hydrogen) atoms. The van der Waals surface area contributed by atoms with Crippen molar-refractivity contribution in [2.45, 2.75) is 38.9 Å². The smallest absolute Gasteiger partial charge is 0.321 e. The second-order valence-corrected chi connectivity index (χ2v) is 7.17. The highest BCUT2D eigenvalue weighted by Crippen LogP contribution is 2.23. The van der Waals surface area contributed by atoms with E-state index in [1.54, 1.807) is 12.0 Å². The number of amides is 2. The Morgan fingerprint density at radius 1 is 1.39 bits per heavy atom. The zero-order chi connectivity index (χ0) is 19.9. The van der Waals surface area contributed by atoms with Crippen molar-refractivity contribution in [2.24, 2.45) is 0 Å². The summed E-state index contributed by atoms with van der Waals surface area (Å²) in [7, 11) is 1.58. The molecule has 1 N–H and O–H groups in total. The first kappa shape index (κ1) is 20.6. The summed E-state index contributed by atoms with van der Waals surface area (Å²) in [4.78, 5) is 18.4. The van der Waals surface area contributed by atoms with Crippen LogP contribution in [0, 0.1) is 6.92 Å². The molecule has 1 saturated heterocycles. The molecule has 1 aromatic heterocycles. The lowest BCUT2D eigenvalue weighted by molar-refractivity contribution is 0.0168. The van der Waals surface area contributed by atoms with Crippen molar-refractivity contribution in [2.75, 3.05) is 32.1 Å². The fraction of sp³-hybridized carbons (Fsp3) is 0.526. The van der Waals surface area contributed by atoms with Gasteiger partial charge in [0.15, 0.2) is 5.82 Å². The Labute approximate surface area is 169 Å². The summed E-state index contributed by atoms with van der Waals surface area (Å²) >= 11 is 6.19. The number of carbonyl (C=O) groups excluding carboxylic acids is 1. The van der Waals surface area contributed by atoms with E-state index in [1.165, 1.54) is 0 Å². The fourth-order valence-corrected chi connectivity index (χ4v) is 3.31. The molecule has 1 fully saturated rings. The van der Waals surface area contributed by atoms with E-state index >= 15 is 0 Å². The number of halogens is 1. The fourth-order valence-electron chi connectivity index (χ4n) is 3.03. The van der Waals surface area contributed by atoms with Gasteiger partial charge in [-0.05, 0) is 37.5 Å². The molecule has 0 atom stereocenters. The second-order valence-electron chi connectivity index (χ2n) is 6.76. The monoisotopic (exact) mass is 408 g/mol. The van der Waals surface area contributed by atoms with Gasteiger partial charge in [-0.1, -0.05) is 22.8 Å². The number of likely N-dealkylation sites (tertiary alicyclic amines) is 1. The number of benzene rings is 1. The van der Waals surface area contributed by atoms with Crippen LogP contribution in [0.4, 0.5) is 10.5 Å². The Hall–Kier alpha value is -2.16. The predicted molar refractivity (Wildman–Crippen MR) is 104 cm³/mol. The minimum atomic E-state index is -0.137. The van der Waals surface area contributed by atoms with Gasteiger partial charge in [0, 0.05) is 26.6 Å². The standard InChI is InChI=1S/C19H25ClN4O4/c1-13-3-4-16(15(20)11-13)21-19(25)24-8-5-14(6-9-24)27-10-7-17-22-18(12-26-2)28-23-17/h3-4,11,14H,5-10,12H2,1-2H3,(H,21,25). The summed E-state index contributed by atoms with van der Waals surface area (Å²) in [6.45, 7) is 4.06. The third-order valence-electron chi connectivity index (χ3n) is 4.55. The number of nitrogens with one attached hydrogen (secondary N) is 1. The number of rotatable bonds is 7. The third kappa shape index (κ3) is 5.67. The SMILES string of the molecule is COCc1nc(CCOC2CCN(C(=O)Nc3ccc(C)cc3Cl)CC2)no1. The molecule has 2 heterocycles. The van der Waals surface area contributed by atoms with Gasteiger partial charge in [0.1, 0.15) is 6.61 Å². The van der Waals surface area contributed by atoms with Gasteiger partial charge in [-0.2, -0.15) is 4.98 Å². The molecule has 0 saturated carbocycles. The van der Waals surface area contributed by atoms with Crippen LogP contribution in [0.1, 0.15) is 30.1 Å². The lowest BCUT2D eigenvalue weighted by Crippen LogP contribution is -2.43. The molecule has 9 heteroatoms. The Balaban J connectivity index is 1.38. The first-order valence-electron chi connectivity index (χ1n) is 9.29. The molecule has 3 rings (SSSR count). The molecule has 0 unspecified atom stereocenters. The molecule has 2 aromatic rings. The maximum Gasteiger partial charge on any atom is 0.321 e. The van der Waals surface area contributed by atoms with E-state index in [-0.39, 0.29) is 12.1 Å². The average molecular weight is 409 g/mol. The van der Waals surface area contributed by atoms with Crippen LogP contribution >= 0.6 is 11.6 Å². The summed E-state index contributed by atoms with van der Waals surface area (Å²) in [6.07, 6.45) is 2.28. The number of hydrogen-bond donors (Lipinski definition) is 1. The molecular weight excluding hydrogens is 384 g/mol. The number of hydrogen-bond acceptors (Lipinski definition) is 6. The second kappa shape index (κ2) is 9.86. The number of aryl methyl sites for hydroxylation is 1. The van der Waals surface area contributed by atoms with Crippen LogP contribution in [0.3, 0.4) is 0 Å². The number of urea groups is 1. The van der Waals surface area contributed by atoms with Crippen molar-refractivity contribution in [3.05, 3.63) is 40.5 Å². The maximum atomic E-state index is 12.4. The van der Waals surface area contributed by atoms with Gasteiger partial charge < -0.3 is 24.2 Å². The number of carbonyl (C=O) groups is 1. The number of anilines is 1. The Morgan fingerprint density at radius 3 is 2.89 bits per heavy atom. The number of nitrogens with zero attached hydrogens (tertiary/aromatic N) is 3. The molecule has 0 bridgehead atoms. The number of piperidine rings is 1. The van der Waals surface area contributed by atoms with Crippen LogP contribution in [0.2, 0.25) is 5.02 Å². The molecule has 0 aliphatic carbocycles. The Bertz CT molecular complexity index is 790. The van der Waals surface area contributed by atoms with Crippen molar-refractivity contribution >= 4 is 23.3 Å². The summed E-state index contributed by atoms with van der Waals surface area (Å²) < 4.78 is 15.9. The van der Waals surface area contributed by atoms with Gasteiger partial charge in [-0.25, -0.2) is 4.79 Å². The molecule has 8 nitrogen and oxygen atoms in total. The summed E-state index contributed by atoms with van der Waals surface area (Å²) in [5.41, 5.74) is 1.68. The quantitative estimate of drug-likeness (QED) is 0.754. The molecule has 1 aliphatic heterocycles. The van der Waals surface area contributed by atoms with Crippen molar-refractivity contribution in [3.63, 3.8) is 0 Å². The lowest BCUT2D eigenvalue weighted by Gasteiger charge is -2.32. The zero-order valence-corrected chi connectivity index (χ0v) is 16.9. The van der Waals surface area contributed by atoms with E-state index in [2.05, 4.69) is 15.5 Å². The van der Waals surface area contributed by atoms with Gasteiger partial charge in [-0.15, -0.1) is 0 Å². The topological polar surface area (TPSA) is 89.7 Å². The zero-order valence-electron chi connectivity index (χ0n) is 16.1. The highest BCUT2D eigenvalue weighted by molar-refractivity contribution is 6.33. The van der Waals surface area contributed by atoms with E-state index in [9.17, 15) is 4.79 Å². The molecule has 0 radical (unpaired) electrons. The number of ether oxygens (including phenoxy) is 2. The minimum Gasteiger partial charge on any atom is -0.378 e. The minimum absolute atomic E-state index is 0.123. The van der Waals surface area contributed by atoms with Gasteiger partial charge in [-0.3, -0.25) is 0 Å². The maximum absolute atomic E-state index is 12.4. The molecule has 1 aromatic carbocycles. The van der Waals surface area contributed by atoms with Gasteiger partial charge in [0.05, 0.1) is 23.4 Å². The summed E-state index contributed by atoms with van der Waals surface area (Å²) in [6, 6.07) is 5.44. The molecule has 0 spiro atoms. The number of methoxy groups -OCH3 is 1. The van der Waals surface area contributed by atoms with Crippen LogP contribution < -0.4 is 5.32 Å². The predicted octanol–water partition coefficient (Wildman–Crippen LogP) is 3.43. The van der Waals surface area contributed by atoms with Crippen molar-refractivity contribution < 1.29 is 18.8 Å². The van der Waals surface area contributed by atoms with Crippen LogP contribution in [0.25, 0.3) is 0 Å². The van der Waals surface area contributed by atoms with E-state index in [0.717, 1.165) is 18.4 Å². The van der Waals surface area contributed by atoms with Crippen molar-refractivity contribution in [1.29, 1.82) is 0 Å². The summed E-state index contributed by atoms with van der Waals surface area (Å²) in [5, 5.41) is 7.31. The average Bonchev–Trinajstić information content (AvgIpc) is 3.12. The van der Waals surface area contributed by atoms with Crippen LogP contribution in [-0.2, 0) is 22.5 Å². The van der Waals surface area contributed by atoms with Crippen molar-refractivity contribution in [1.82, 2.24) is 15.0 Å². The highest BCUT2D eigenvalue weighted by Gasteiger charge is 2.23. The summed E-state index contributed by atoms with van der Waals surface area (Å²) in [5.74, 6) is 1.07. The first-order chi connectivity index (χ1) is 13.5. The normalized spacial score (nSPS) is 15.0. The van der Waals surface area contributed by atoms with Gasteiger partial charge in [0.2, 0.25) is 0 Å².